The van der Waals surface area contributed by atoms with Crippen LogP contribution in [-0.4, -0.2) is 62.6 Å². The molecule has 0 bridgehead atoms. The highest BCUT2D eigenvalue weighted by Crippen LogP contribution is 2.25. The molecule has 27 heavy (non-hydrogen) atoms. The summed E-state index contributed by atoms with van der Waals surface area (Å²) in [6.45, 7) is 0.810. The second-order valence-corrected chi connectivity index (χ2v) is 8.75. The first kappa shape index (κ1) is 19.1. The average Bonchev–Trinajstić information content (AvgIpc) is 3.00. The molecule has 1 aromatic heterocycles. The summed E-state index contributed by atoms with van der Waals surface area (Å²) in [5.41, 5.74) is 1.79. The first-order valence-corrected chi connectivity index (χ1v) is 10.2. The highest BCUT2D eigenvalue weighted by atomic mass is 32.2. The number of carbonyl (C=O) groups is 1. The molecule has 0 unspecified atom stereocenters. The quantitative estimate of drug-likeness (QED) is 0.767. The van der Waals surface area contributed by atoms with E-state index in [1.165, 1.54) is 4.31 Å². The molecule has 2 aromatic rings. The van der Waals surface area contributed by atoms with Gasteiger partial charge in [-0.3, -0.25) is 9.10 Å². The van der Waals surface area contributed by atoms with Gasteiger partial charge in [0, 0.05) is 57.8 Å². The summed E-state index contributed by atoms with van der Waals surface area (Å²) in [6.07, 6.45) is 3.99. The lowest BCUT2D eigenvalue weighted by Gasteiger charge is -2.20. The van der Waals surface area contributed by atoms with Crippen LogP contribution in [0.15, 0.2) is 36.7 Å². The van der Waals surface area contributed by atoms with Gasteiger partial charge in [-0.25, -0.2) is 18.4 Å². The van der Waals surface area contributed by atoms with E-state index in [0.717, 1.165) is 5.56 Å². The molecule has 3 rings (SSSR count). The van der Waals surface area contributed by atoms with Gasteiger partial charge in [-0.1, -0.05) is 6.07 Å². The topological polar surface area (TPSA) is 86.7 Å². The molecule has 8 nitrogen and oxygen atoms in total. The van der Waals surface area contributed by atoms with Crippen molar-refractivity contribution in [2.75, 3.05) is 42.6 Å². The Labute approximate surface area is 159 Å². The lowest BCUT2D eigenvalue weighted by molar-refractivity contribution is 0.0785. The van der Waals surface area contributed by atoms with Crippen molar-refractivity contribution >= 4 is 27.6 Å². The Balaban J connectivity index is 1.74. The van der Waals surface area contributed by atoms with E-state index in [2.05, 4.69) is 9.97 Å². The fourth-order valence-corrected chi connectivity index (χ4v) is 4.51. The SMILES string of the molecule is CN(Cc1cnc(N(C)C)nc1)C(=O)c1cccc(N2CCCS2(=O)=O)c1. The molecule has 0 saturated carbocycles. The number of nitrogens with zero attached hydrogens (tertiary/aromatic N) is 5. The van der Waals surface area contributed by atoms with E-state index in [9.17, 15) is 13.2 Å². The average molecular weight is 389 g/mol. The molecule has 1 fully saturated rings. The molecule has 2 heterocycles. The van der Waals surface area contributed by atoms with E-state index in [4.69, 9.17) is 0 Å². The van der Waals surface area contributed by atoms with Gasteiger partial charge in [0.25, 0.3) is 5.91 Å². The summed E-state index contributed by atoms with van der Waals surface area (Å²) in [5, 5.41) is 0. The van der Waals surface area contributed by atoms with Crippen LogP contribution in [0.5, 0.6) is 0 Å². The van der Waals surface area contributed by atoms with Crippen LogP contribution in [0.4, 0.5) is 11.6 Å². The smallest absolute Gasteiger partial charge is 0.253 e. The van der Waals surface area contributed by atoms with Crippen LogP contribution < -0.4 is 9.21 Å². The maximum atomic E-state index is 12.8. The molecule has 1 aromatic carbocycles. The van der Waals surface area contributed by atoms with Gasteiger partial charge in [-0.2, -0.15) is 0 Å². The lowest BCUT2D eigenvalue weighted by atomic mass is 10.1. The predicted molar refractivity (Wildman–Crippen MR) is 104 cm³/mol. The Kier molecular flexibility index (Phi) is 5.31. The highest BCUT2D eigenvalue weighted by Gasteiger charge is 2.28. The van der Waals surface area contributed by atoms with Crippen molar-refractivity contribution in [1.82, 2.24) is 14.9 Å². The van der Waals surface area contributed by atoms with Crippen molar-refractivity contribution in [3.05, 3.63) is 47.8 Å². The fourth-order valence-electron chi connectivity index (χ4n) is 2.95. The number of hydrogen-bond donors (Lipinski definition) is 0. The molecule has 0 aliphatic carbocycles. The van der Waals surface area contributed by atoms with Crippen molar-refractivity contribution in [3.63, 3.8) is 0 Å². The Morgan fingerprint density at radius 1 is 1.19 bits per heavy atom. The van der Waals surface area contributed by atoms with Crippen LogP contribution in [0.3, 0.4) is 0 Å². The highest BCUT2D eigenvalue weighted by molar-refractivity contribution is 7.93. The summed E-state index contributed by atoms with van der Waals surface area (Å²) in [6, 6.07) is 6.75. The van der Waals surface area contributed by atoms with Gasteiger partial charge in [-0.05, 0) is 24.6 Å². The number of amides is 1. The summed E-state index contributed by atoms with van der Waals surface area (Å²) in [5.74, 6) is 0.561. The molecular weight excluding hydrogens is 366 g/mol. The molecule has 0 spiro atoms. The Morgan fingerprint density at radius 2 is 1.89 bits per heavy atom. The van der Waals surface area contributed by atoms with Crippen LogP contribution in [-0.2, 0) is 16.6 Å². The number of hydrogen-bond acceptors (Lipinski definition) is 6. The number of carbonyl (C=O) groups excluding carboxylic acids is 1. The maximum absolute atomic E-state index is 12.8. The summed E-state index contributed by atoms with van der Waals surface area (Å²) in [4.78, 5) is 24.6. The van der Waals surface area contributed by atoms with Crippen LogP contribution in [0.25, 0.3) is 0 Å². The number of anilines is 2. The van der Waals surface area contributed by atoms with Crippen molar-refractivity contribution in [1.29, 1.82) is 0 Å². The van der Waals surface area contributed by atoms with E-state index in [1.807, 2.05) is 14.1 Å². The van der Waals surface area contributed by atoms with E-state index in [-0.39, 0.29) is 11.7 Å². The van der Waals surface area contributed by atoms with E-state index in [0.29, 0.717) is 36.7 Å². The van der Waals surface area contributed by atoms with Gasteiger partial charge in [-0.15, -0.1) is 0 Å². The molecule has 9 heteroatoms. The van der Waals surface area contributed by atoms with Crippen molar-refractivity contribution in [3.8, 4) is 0 Å². The van der Waals surface area contributed by atoms with Gasteiger partial charge < -0.3 is 9.80 Å². The molecule has 0 atom stereocenters. The van der Waals surface area contributed by atoms with Crippen molar-refractivity contribution < 1.29 is 13.2 Å². The minimum Gasteiger partial charge on any atom is -0.347 e. The van der Waals surface area contributed by atoms with Crippen molar-refractivity contribution in [2.45, 2.75) is 13.0 Å². The second kappa shape index (κ2) is 7.51. The third kappa shape index (κ3) is 4.19. The van der Waals surface area contributed by atoms with Crippen LogP contribution in [0, 0.1) is 0 Å². The normalized spacial score (nSPS) is 15.6. The molecule has 1 aliphatic heterocycles. The Morgan fingerprint density at radius 3 is 2.48 bits per heavy atom. The van der Waals surface area contributed by atoms with Gasteiger partial charge in [0.15, 0.2) is 0 Å². The van der Waals surface area contributed by atoms with Crippen LogP contribution in [0.1, 0.15) is 22.3 Å². The Hall–Kier alpha value is -2.68. The third-order valence-corrected chi connectivity index (χ3v) is 6.21. The number of benzene rings is 1. The number of sulfonamides is 1. The summed E-state index contributed by atoms with van der Waals surface area (Å²) >= 11 is 0. The third-order valence-electron chi connectivity index (χ3n) is 4.34. The standard InChI is InChI=1S/C18H23N5O3S/c1-21(2)18-19-11-14(12-20-18)13-22(3)17(24)15-6-4-7-16(10-15)23-8-5-9-27(23,25)26/h4,6-7,10-12H,5,8-9,13H2,1-3H3. The van der Waals surface area contributed by atoms with Gasteiger partial charge in [0.2, 0.25) is 16.0 Å². The molecule has 1 saturated heterocycles. The lowest BCUT2D eigenvalue weighted by Crippen LogP contribution is -2.28. The minimum absolute atomic E-state index is 0.147. The van der Waals surface area contributed by atoms with E-state index < -0.39 is 10.0 Å². The maximum Gasteiger partial charge on any atom is 0.253 e. The molecule has 0 N–H and O–H groups in total. The molecule has 1 amide bonds. The van der Waals surface area contributed by atoms with Gasteiger partial charge in [0.05, 0.1) is 11.4 Å². The second-order valence-electron chi connectivity index (χ2n) is 6.74. The minimum atomic E-state index is -3.27. The zero-order chi connectivity index (χ0) is 19.6. The largest absolute Gasteiger partial charge is 0.347 e. The fraction of sp³-hybridized carbons (Fsp3) is 0.389. The first-order valence-electron chi connectivity index (χ1n) is 8.62. The monoisotopic (exact) mass is 389 g/mol. The molecular formula is C18H23N5O3S. The van der Waals surface area contributed by atoms with Gasteiger partial charge in [0.1, 0.15) is 0 Å². The molecule has 144 valence electrons. The number of rotatable bonds is 5. The number of aromatic nitrogens is 2. The van der Waals surface area contributed by atoms with Crippen LogP contribution in [0.2, 0.25) is 0 Å². The molecule has 0 radical (unpaired) electrons. The van der Waals surface area contributed by atoms with E-state index in [1.54, 1.807) is 53.5 Å². The zero-order valence-corrected chi connectivity index (χ0v) is 16.5. The summed E-state index contributed by atoms with van der Waals surface area (Å²) in [7, 11) is 2.14. The Bertz CT molecular complexity index is 928. The van der Waals surface area contributed by atoms with Gasteiger partial charge >= 0.3 is 0 Å². The van der Waals surface area contributed by atoms with Crippen LogP contribution >= 0.6 is 0 Å². The van der Waals surface area contributed by atoms with Crippen molar-refractivity contribution in [2.24, 2.45) is 0 Å². The first-order chi connectivity index (χ1) is 12.8. The molecule has 1 aliphatic rings. The zero-order valence-electron chi connectivity index (χ0n) is 15.7. The van der Waals surface area contributed by atoms with E-state index >= 15 is 0 Å². The predicted octanol–water partition coefficient (Wildman–Crippen LogP) is 1.35. The summed E-state index contributed by atoms with van der Waals surface area (Å²) < 4.78 is 25.6.